The van der Waals surface area contributed by atoms with Crippen molar-refractivity contribution in [2.24, 2.45) is 5.92 Å². The fraction of sp³-hybridized carbons (Fsp3) is 0.480. The Hall–Kier alpha value is -2.70. The maximum Gasteiger partial charge on any atom is 0.265 e. The molecule has 1 saturated heterocycles. The van der Waals surface area contributed by atoms with E-state index in [9.17, 15) is 19.1 Å². The molecule has 0 bridgehead atoms. The molecule has 4 aliphatic heterocycles. The van der Waals surface area contributed by atoms with Crippen molar-refractivity contribution in [3.63, 3.8) is 0 Å². The van der Waals surface area contributed by atoms with E-state index in [1.807, 2.05) is 6.07 Å². The van der Waals surface area contributed by atoms with Crippen LogP contribution in [0.4, 0.5) is 15.9 Å². The molecule has 10 nitrogen and oxygen atoms in total. The summed E-state index contributed by atoms with van der Waals surface area (Å²) in [5.74, 6) is 0.782. The normalized spacial score (nSPS) is 23.7. The number of likely N-dealkylation sites (tertiary alicyclic amines) is 1. The second-order valence-electron chi connectivity index (χ2n) is 9.79. The van der Waals surface area contributed by atoms with Crippen LogP contribution in [0.3, 0.4) is 0 Å². The predicted molar refractivity (Wildman–Crippen MR) is 142 cm³/mol. The summed E-state index contributed by atoms with van der Waals surface area (Å²) in [6, 6.07) is 6.64. The van der Waals surface area contributed by atoms with Gasteiger partial charge in [0.25, 0.3) is 11.8 Å². The van der Waals surface area contributed by atoms with E-state index < -0.39 is 6.10 Å². The Morgan fingerprint density at radius 1 is 1.11 bits per heavy atom. The summed E-state index contributed by atoms with van der Waals surface area (Å²) in [7, 11) is 0. The van der Waals surface area contributed by atoms with Crippen LogP contribution in [0.15, 0.2) is 24.3 Å². The molecule has 3 atom stereocenters. The molecule has 1 aromatic carbocycles. The summed E-state index contributed by atoms with van der Waals surface area (Å²) in [6.45, 7) is 3.40. The first kappa shape index (κ1) is 28.3. The lowest BCUT2D eigenvalue weighted by atomic mass is 9.88. The Labute approximate surface area is 231 Å². The van der Waals surface area contributed by atoms with Crippen molar-refractivity contribution in [2.45, 2.75) is 25.0 Å². The van der Waals surface area contributed by atoms with Crippen LogP contribution in [0.1, 0.15) is 23.6 Å². The SMILES string of the molecule is Cl.Cl.O=C1COc2ccc(CNC[C@H]3CN(CC4CCN5C(=O)COc6ccc(F)c4c65)C[C@H]3O)nc2N1. The number of benzene rings is 1. The highest BCUT2D eigenvalue weighted by Crippen LogP contribution is 2.45. The molecule has 1 fully saturated rings. The quantitative estimate of drug-likeness (QED) is 0.481. The number of hydrogen-bond acceptors (Lipinski definition) is 8. The largest absolute Gasteiger partial charge is 0.482 e. The average Bonchev–Trinajstić information content (AvgIpc) is 3.21. The number of nitrogens with zero attached hydrogens (tertiary/aromatic N) is 3. The number of hydrogen-bond donors (Lipinski definition) is 3. The summed E-state index contributed by atoms with van der Waals surface area (Å²) in [4.78, 5) is 32.1. The van der Waals surface area contributed by atoms with Crippen molar-refractivity contribution in [3.05, 3.63) is 41.3 Å². The highest BCUT2D eigenvalue weighted by molar-refractivity contribution is 5.99. The molecular formula is C25H30Cl2FN5O5. The number of anilines is 2. The van der Waals surface area contributed by atoms with Gasteiger partial charge in [-0.1, -0.05) is 0 Å². The van der Waals surface area contributed by atoms with E-state index in [2.05, 4.69) is 20.5 Å². The van der Waals surface area contributed by atoms with E-state index in [4.69, 9.17) is 9.47 Å². The van der Waals surface area contributed by atoms with Crippen LogP contribution in [0.2, 0.25) is 0 Å². The third-order valence-corrected chi connectivity index (χ3v) is 7.36. The second kappa shape index (κ2) is 11.6. The van der Waals surface area contributed by atoms with Gasteiger partial charge in [0.05, 0.1) is 17.5 Å². The molecule has 6 rings (SSSR count). The van der Waals surface area contributed by atoms with Crippen LogP contribution in [0.25, 0.3) is 0 Å². The van der Waals surface area contributed by atoms with Crippen molar-refractivity contribution in [2.75, 3.05) is 56.2 Å². The first-order valence-corrected chi connectivity index (χ1v) is 12.3. The van der Waals surface area contributed by atoms with Gasteiger partial charge in [0.1, 0.15) is 11.6 Å². The van der Waals surface area contributed by atoms with Gasteiger partial charge in [0.15, 0.2) is 24.8 Å². The van der Waals surface area contributed by atoms with Crippen molar-refractivity contribution in [1.29, 1.82) is 0 Å². The van der Waals surface area contributed by atoms with Gasteiger partial charge in [-0.2, -0.15) is 0 Å². The van der Waals surface area contributed by atoms with E-state index in [-0.39, 0.29) is 67.5 Å². The van der Waals surface area contributed by atoms with Crippen LogP contribution in [-0.4, -0.2) is 78.8 Å². The smallest absolute Gasteiger partial charge is 0.265 e. The molecule has 0 radical (unpaired) electrons. The van der Waals surface area contributed by atoms with E-state index >= 15 is 0 Å². The fourth-order valence-corrected chi connectivity index (χ4v) is 5.63. The third kappa shape index (κ3) is 5.39. The summed E-state index contributed by atoms with van der Waals surface area (Å²) in [5, 5.41) is 16.7. The van der Waals surface area contributed by atoms with Gasteiger partial charge >= 0.3 is 0 Å². The minimum Gasteiger partial charge on any atom is -0.482 e. The van der Waals surface area contributed by atoms with Crippen molar-refractivity contribution >= 4 is 48.1 Å². The third-order valence-electron chi connectivity index (χ3n) is 7.36. The van der Waals surface area contributed by atoms with Crippen LogP contribution in [0, 0.1) is 11.7 Å². The highest BCUT2D eigenvalue weighted by Gasteiger charge is 2.39. The van der Waals surface area contributed by atoms with Gasteiger partial charge in [-0.15, -0.1) is 24.8 Å². The second-order valence-corrected chi connectivity index (χ2v) is 9.79. The van der Waals surface area contributed by atoms with Gasteiger partial charge in [0.2, 0.25) is 0 Å². The molecule has 38 heavy (non-hydrogen) atoms. The topological polar surface area (TPSA) is 116 Å². The van der Waals surface area contributed by atoms with Crippen molar-refractivity contribution in [3.8, 4) is 11.5 Å². The molecule has 4 aliphatic rings. The lowest BCUT2D eigenvalue weighted by Crippen LogP contribution is -2.44. The summed E-state index contributed by atoms with van der Waals surface area (Å²) in [6.07, 6.45) is 0.167. The zero-order chi connectivity index (χ0) is 24.8. The number of carbonyl (C=O) groups excluding carboxylic acids is 2. The molecule has 13 heteroatoms. The number of aromatic nitrogens is 1. The van der Waals surface area contributed by atoms with Crippen molar-refractivity contribution < 1.29 is 28.6 Å². The molecule has 1 aromatic heterocycles. The maximum atomic E-state index is 14.9. The number of fused-ring (bicyclic) bond motifs is 1. The molecular weight excluding hydrogens is 540 g/mol. The maximum absolute atomic E-state index is 14.9. The van der Waals surface area contributed by atoms with Crippen LogP contribution in [-0.2, 0) is 16.1 Å². The van der Waals surface area contributed by atoms with Gasteiger partial charge < -0.3 is 30.1 Å². The number of amides is 2. The van der Waals surface area contributed by atoms with E-state index in [1.54, 1.807) is 17.0 Å². The van der Waals surface area contributed by atoms with E-state index in [0.717, 1.165) is 5.69 Å². The first-order chi connectivity index (χ1) is 17.5. The Bertz CT molecular complexity index is 1220. The highest BCUT2D eigenvalue weighted by atomic mass is 35.5. The lowest BCUT2D eigenvalue weighted by Gasteiger charge is -2.39. The molecule has 3 N–H and O–H groups in total. The molecule has 5 heterocycles. The number of β-amino-alcohol motifs (C(OH)–C–C–N with tert-alkyl or cyclic N) is 1. The van der Waals surface area contributed by atoms with Crippen LogP contribution >= 0.6 is 24.8 Å². The number of ether oxygens (including phenoxy) is 2. The average molecular weight is 570 g/mol. The lowest BCUT2D eigenvalue weighted by molar-refractivity contribution is -0.121. The van der Waals surface area contributed by atoms with Gasteiger partial charge in [-0.25, -0.2) is 9.37 Å². The minimum atomic E-state index is -0.499. The molecule has 0 spiro atoms. The first-order valence-electron chi connectivity index (χ1n) is 12.3. The zero-order valence-corrected chi connectivity index (χ0v) is 22.2. The molecule has 206 valence electrons. The molecule has 1 unspecified atom stereocenters. The Morgan fingerprint density at radius 3 is 2.74 bits per heavy atom. The molecule has 2 amide bonds. The number of aliphatic hydroxyl groups excluding tert-OH is 1. The van der Waals surface area contributed by atoms with Crippen molar-refractivity contribution in [1.82, 2.24) is 15.2 Å². The summed E-state index contributed by atoms with van der Waals surface area (Å²) in [5.41, 5.74) is 1.87. The number of nitrogens with one attached hydrogen (secondary N) is 2. The molecule has 0 aliphatic carbocycles. The summed E-state index contributed by atoms with van der Waals surface area (Å²) < 4.78 is 25.8. The molecule has 0 saturated carbocycles. The van der Waals surface area contributed by atoms with Gasteiger partial charge in [0, 0.05) is 56.7 Å². The Morgan fingerprint density at radius 2 is 1.89 bits per heavy atom. The van der Waals surface area contributed by atoms with Gasteiger partial charge in [-0.05, 0) is 30.7 Å². The standard InChI is InChI=1S/C25H28FN5O5.2ClH/c26-17-2-4-19-24-23(17)14(5-6-31(24)22(34)13-36-19)9-30-10-15(18(32)11-30)7-27-8-16-1-3-20-25(28-16)29-21(33)12-35-20;;/h1-4,14-15,18,27,32H,5-13H2,(H,28,29,33);2*1H/t14?,15-,18+;;/m0../s1. The minimum absolute atomic E-state index is 0. The number of halogens is 3. The predicted octanol–water partition coefficient (Wildman–Crippen LogP) is 1.69. The number of pyridine rings is 1. The van der Waals surface area contributed by atoms with Crippen LogP contribution in [0.5, 0.6) is 11.5 Å². The zero-order valence-electron chi connectivity index (χ0n) is 20.5. The Balaban J connectivity index is 0.00000168. The van der Waals surface area contributed by atoms with Gasteiger partial charge in [-0.3, -0.25) is 14.5 Å². The Kier molecular flexibility index (Phi) is 8.63. The molecule has 2 aromatic rings. The fourth-order valence-electron chi connectivity index (χ4n) is 5.63. The number of rotatable bonds is 6. The summed E-state index contributed by atoms with van der Waals surface area (Å²) >= 11 is 0. The van der Waals surface area contributed by atoms with Crippen LogP contribution < -0.4 is 25.0 Å². The van der Waals surface area contributed by atoms with E-state index in [0.29, 0.717) is 74.3 Å². The monoisotopic (exact) mass is 569 g/mol. The number of carbonyl (C=O) groups is 2. The number of aliphatic hydroxyl groups is 1. The van der Waals surface area contributed by atoms with E-state index in [1.165, 1.54) is 6.07 Å².